The first kappa shape index (κ1) is 13.0. The number of rotatable bonds is 4. The van der Waals surface area contributed by atoms with Crippen molar-refractivity contribution in [1.82, 2.24) is 9.55 Å². The molecule has 7 heteroatoms. The van der Waals surface area contributed by atoms with Gasteiger partial charge >= 0.3 is 0 Å². The molecule has 2 aromatic rings. The van der Waals surface area contributed by atoms with Gasteiger partial charge in [-0.25, -0.2) is 13.4 Å². The van der Waals surface area contributed by atoms with E-state index in [2.05, 4.69) is 4.98 Å². The van der Waals surface area contributed by atoms with E-state index in [1.807, 2.05) is 0 Å². The molecule has 2 heterocycles. The maximum absolute atomic E-state index is 11.1. The molecular weight excluding hydrogens is 276 g/mol. The van der Waals surface area contributed by atoms with Crippen LogP contribution in [0.2, 0.25) is 5.15 Å². The van der Waals surface area contributed by atoms with Gasteiger partial charge in [-0.3, -0.25) is 4.79 Å². The van der Waals surface area contributed by atoms with Crippen LogP contribution in [0, 0.1) is 0 Å². The topological polar surface area (TPSA) is 69.0 Å². The number of fused-ring (bicyclic) bond motifs is 1. The number of carbonyl (C=O) groups is 1. The lowest BCUT2D eigenvalue weighted by atomic mass is 10.2. The van der Waals surface area contributed by atoms with Crippen molar-refractivity contribution in [3.05, 3.63) is 29.0 Å². The number of aromatic nitrogens is 2. The molecule has 2 aromatic heterocycles. The molecule has 0 bridgehead atoms. The third kappa shape index (κ3) is 2.70. The van der Waals surface area contributed by atoms with Gasteiger partial charge in [-0.05, 0) is 12.1 Å². The van der Waals surface area contributed by atoms with E-state index in [4.69, 9.17) is 11.6 Å². The van der Waals surface area contributed by atoms with Crippen molar-refractivity contribution in [2.45, 2.75) is 6.54 Å². The van der Waals surface area contributed by atoms with E-state index >= 15 is 0 Å². The maximum Gasteiger partial charge on any atom is 0.150 e. The second kappa shape index (κ2) is 4.70. The highest BCUT2D eigenvalue weighted by atomic mass is 35.5. The molecule has 18 heavy (non-hydrogen) atoms. The summed E-state index contributed by atoms with van der Waals surface area (Å²) in [6.07, 6.45) is 3.58. The third-order valence-electron chi connectivity index (χ3n) is 2.56. The SMILES string of the molecule is CS(=O)(=O)CCn1ccc2c(C=O)cc(Cl)nc21. The van der Waals surface area contributed by atoms with E-state index in [9.17, 15) is 13.2 Å². The number of hydrogen-bond acceptors (Lipinski definition) is 4. The van der Waals surface area contributed by atoms with Crippen molar-refractivity contribution >= 4 is 38.8 Å². The van der Waals surface area contributed by atoms with E-state index in [0.717, 1.165) is 0 Å². The van der Waals surface area contributed by atoms with E-state index in [1.54, 1.807) is 16.8 Å². The summed E-state index contributed by atoms with van der Waals surface area (Å²) in [5.74, 6) is 0.0153. The Kier molecular flexibility index (Phi) is 3.41. The molecule has 0 saturated heterocycles. The summed E-state index contributed by atoms with van der Waals surface area (Å²) in [4.78, 5) is 15.0. The minimum Gasteiger partial charge on any atom is -0.331 e. The summed E-state index contributed by atoms with van der Waals surface area (Å²) in [7, 11) is -3.05. The lowest BCUT2D eigenvalue weighted by Gasteiger charge is -2.04. The Balaban J connectivity index is 2.47. The zero-order chi connectivity index (χ0) is 13.3. The Morgan fingerprint density at radius 1 is 1.50 bits per heavy atom. The van der Waals surface area contributed by atoms with Crippen LogP contribution in [-0.4, -0.2) is 36.3 Å². The second-order valence-corrected chi connectivity index (χ2v) is 6.68. The summed E-state index contributed by atoms with van der Waals surface area (Å²) in [5.41, 5.74) is 0.969. The molecule has 0 amide bonds. The first-order valence-electron chi connectivity index (χ1n) is 5.19. The molecule has 0 aromatic carbocycles. The Hall–Kier alpha value is -1.40. The molecule has 0 spiro atoms. The Bertz CT molecular complexity index is 706. The van der Waals surface area contributed by atoms with Gasteiger partial charge in [-0.15, -0.1) is 0 Å². The number of carbonyl (C=O) groups excluding carboxylic acids is 1. The smallest absolute Gasteiger partial charge is 0.150 e. The third-order valence-corrected chi connectivity index (χ3v) is 3.68. The van der Waals surface area contributed by atoms with Crippen LogP contribution in [0.4, 0.5) is 0 Å². The Labute approximate surface area is 109 Å². The van der Waals surface area contributed by atoms with Crippen molar-refractivity contribution in [2.75, 3.05) is 12.0 Å². The number of aryl methyl sites for hydroxylation is 1. The lowest BCUT2D eigenvalue weighted by molar-refractivity contribution is 0.112. The van der Waals surface area contributed by atoms with Gasteiger partial charge < -0.3 is 4.57 Å². The normalized spacial score (nSPS) is 11.9. The summed E-state index contributed by atoms with van der Waals surface area (Å²) in [6.45, 7) is 0.286. The summed E-state index contributed by atoms with van der Waals surface area (Å²) < 4.78 is 23.9. The summed E-state index contributed by atoms with van der Waals surface area (Å²) >= 11 is 5.82. The largest absolute Gasteiger partial charge is 0.331 e. The highest BCUT2D eigenvalue weighted by Gasteiger charge is 2.10. The van der Waals surface area contributed by atoms with Crippen molar-refractivity contribution in [1.29, 1.82) is 0 Å². The zero-order valence-corrected chi connectivity index (χ0v) is 11.2. The van der Waals surface area contributed by atoms with Gasteiger partial charge in [-0.1, -0.05) is 11.6 Å². The van der Waals surface area contributed by atoms with Crippen LogP contribution in [0.5, 0.6) is 0 Å². The fourth-order valence-corrected chi connectivity index (χ4v) is 2.42. The molecule has 0 radical (unpaired) electrons. The van der Waals surface area contributed by atoms with Crippen LogP contribution in [0.25, 0.3) is 11.0 Å². The second-order valence-electron chi connectivity index (χ2n) is 4.03. The number of aldehydes is 1. The number of nitrogens with zero attached hydrogens (tertiary/aromatic N) is 2. The van der Waals surface area contributed by atoms with E-state index in [1.165, 1.54) is 12.3 Å². The van der Waals surface area contributed by atoms with Crippen LogP contribution >= 0.6 is 11.6 Å². The van der Waals surface area contributed by atoms with Crippen molar-refractivity contribution in [2.24, 2.45) is 0 Å². The minimum atomic E-state index is -3.05. The van der Waals surface area contributed by atoms with E-state index in [0.29, 0.717) is 22.9 Å². The standard InChI is InChI=1S/C11H11ClN2O3S/c1-18(16,17)5-4-14-3-2-9-8(7-15)6-10(12)13-11(9)14/h2-3,6-7H,4-5H2,1H3. The molecule has 0 saturated carbocycles. The van der Waals surface area contributed by atoms with E-state index in [-0.39, 0.29) is 17.5 Å². The van der Waals surface area contributed by atoms with Crippen LogP contribution in [0.3, 0.4) is 0 Å². The molecule has 5 nitrogen and oxygen atoms in total. The van der Waals surface area contributed by atoms with Crippen LogP contribution < -0.4 is 0 Å². The average Bonchev–Trinajstić information content (AvgIpc) is 2.67. The van der Waals surface area contributed by atoms with Gasteiger partial charge in [0.2, 0.25) is 0 Å². The van der Waals surface area contributed by atoms with Gasteiger partial charge in [0.05, 0.1) is 5.75 Å². The summed E-state index contributed by atoms with van der Waals surface area (Å²) in [6, 6.07) is 3.21. The van der Waals surface area contributed by atoms with Crippen LogP contribution in [0.1, 0.15) is 10.4 Å². The fraction of sp³-hybridized carbons (Fsp3) is 0.273. The predicted molar refractivity (Wildman–Crippen MR) is 69.8 cm³/mol. The molecule has 0 unspecified atom stereocenters. The maximum atomic E-state index is 11.1. The van der Waals surface area contributed by atoms with Gasteiger partial charge in [0.1, 0.15) is 20.6 Å². The van der Waals surface area contributed by atoms with Crippen LogP contribution in [0.15, 0.2) is 18.3 Å². The quantitative estimate of drug-likeness (QED) is 0.631. The molecule has 0 atom stereocenters. The average molecular weight is 287 g/mol. The molecule has 96 valence electrons. The first-order chi connectivity index (χ1) is 8.40. The minimum absolute atomic E-state index is 0.0153. The number of sulfone groups is 1. The number of hydrogen-bond donors (Lipinski definition) is 0. The molecule has 0 fully saturated rings. The van der Waals surface area contributed by atoms with Crippen molar-refractivity contribution < 1.29 is 13.2 Å². The van der Waals surface area contributed by atoms with Gasteiger partial charge in [0, 0.05) is 29.9 Å². The highest BCUT2D eigenvalue weighted by Crippen LogP contribution is 2.20. The Morgan fingerprint density at radius 3 is 2.83 bits per heavy atom. The molecule has 0 N–H and O–H groups in total. The van der Waals surface area contributed by atoms with Gasteiger partial charge in [-0.2, -0.15) is 0 Å². The lowest BCUT2D eigenvalue weighted by Crippen LogP contribution is -2.10. The molecule has 0 aliphatic carbocycles. The van der Waals surface area contributed by atoms with Crippen molar-refractivity contribution in [3.63, 3.8) is 0 Å². The van der Waals surface area contributed by atoms with Gasteiger partial charge in [0.15, 0.2) is 6.29 Å². The fourth-order valence-electron chi connectivity index (χ4n) is 1.70. The monoisotopic (exact) mass is 286 g/mol. The molecule has 0 aliphatic heterocycles. The molecule has 0 aliphatic rings. The van der Waals surface area contributed by atoms with Crippen molar-refractivity contribution in [3.8, 4) is 0 Å². The number of halogens is 1. The molecule has 2 rings (SSSR count). The summed E-state index contributed by atoms with van der Waals surface area (Å²) in [5, 5.41) is 0.881. The van der Waals surface area contributed by atoms with Crippen LogP contribution in [-0.2, 0) is 16.4 Å². The Morgan fingerprint density at radius 2 is 2.22 bits per heavy atom. The predicted octanol–water partition coefficient (Wildman–Crippen LogP) is 1.55. The van der Waals surface area contributed by atoms with E-state index < -0.39 is 9.84 Å². The first-order valence-corrected chi connectivity index (χ1v) is 7.63. The zero-order valence-electron chi connectivity index (χ0n) is 9.63. The van der Waals surface area contributed by atoms with Gasteiger partial charge in [0.25, 0.3) is 0 Å². The molecular formula is C11H11ClN2O3S. The number of pyridine rings is 1. The highest BCUT2D eigenvalue weighted by molar-refractivity contribution is 7.90.